The maximum absolute atomic E-state index is 13.4. The summed E-state index contributed by atoms with van der Waals surface area (Å²) in [7, 11) is 0. The van der Waals surface area contributed by atoms with Gasteiger partial charge in [0.25, 0.3) is 11.6 Å². The van der Waals surface area contributed by atoms with Crippen LogP contribution in [0.25, 0.3) is 0 Å². The lowest BCUT2D eigenvalue weighted by molar-refractivity contribution is -0.384. The predicted molar refractivity (Wildman–Crippen MR) is 178 cm³/mol. The van der Waals surface area contributed by atoms with E-state index in [0.717, 1.165) is 25.0 Å². The van der Waals surface area contributed by atoms with Crippen LogP contribution in [0.1, 0.15) is 61.9 Å². The quantitative estimate of drug-likeness (QED) is 0.0770. The van der Waals surface area contributed by atoms with E-state index in [9.17, 15) is 24.5 Å². The first kappa shape index (κ1) is 35.3. The van der Waals surface area contributed by atoms with Gasteiger partial charge in [0.2, 0.25) is 0 Å². The number of allylic oxidation sites excluding steroid dienone is 1. The zero-order valence-electron chi connectivity index (χ0n) is 25.6. The van der Waals surface area contributed by atoms with Crippen molar-refractivity contribution in [3.05, 3.63) is 98.4 Å². The van der Waals surface area contributed by atoms with Crippen LogP contribution in [0.2, 0.25) is 0 Å². The van der Waals surface area contributed by atoms with Crippen molar-refractivity contribution in [3.63, 3.8) is 0 Å². The van der Waals surface area contributed by atoms with Crippen LogP contribution < -0.4 is 16.0 Å². The van der Waals surface area contributed by atoms with Crippen molar-refractivity contribution in [1.29, 1.82) is 0 Å². The number of thioether (sulfide) groups is 1. The van der Waals surface area contributed by atoms with Crippen LogP contribution in [0.15, 0.2) is 77.1 Å². The van der Waals surface area contributed by atoms with Crippen molar-refractivity contribution in [1.82, 2.24) is 16.0 Å². The summed E-state index contributed by atoms with van der Waals surface area (Å²) in [6, 6.07) is 14.8. The fraction of sp³-hybridized carbons (Fsp3) is 0.375. The van der Waals surface area contributed by atoms with Gasteiger partial charge in [-0.05, 0) is 69.3 Å². The number of unbranched alkanes of at least 4 members (excludes halogenated alkanes) is 2. The summed E-state index contributed by atoms with van der Waals surface area (Å²) in [5.41, 5.74) is 2.33. The molecule has 1 heterocycles. The molecule has 1 aliphatic heterocycles. The molecule has 13 heteroatoms. The van der Waals surface area contributed by atoms with Crippen LogP contribution in [0.5, 0.6) is 0 Å². The molecule has 0 radical (unpaired) electrons. The molecule has 0 saturated carbocycles. The normalized spacial score (nSPS) is 14.3. The third-order valence-electron chi connectivity index (χ3n) is 6.81. The number of thiocarbonyl (C=S) groups is 1. The molecule has 240 valence electrons. The number of hydrogen-bond acceptors (Lipinski definition) is 10. The number of rotatable bonds is 15. The summed E-state index contributed by atoms with van der Waals surface area (Å²) in [4.78, 5) is 49.7. The van der Waals surface area contributed by atoms with E-state index < -0.39 is 22.8 Å². The lowest BCUT2D eigenvalue weighted by Gasteiger charge is -2.31. The minimum absolute atomic E-state index is 0.120. The molecule has 0 aliphatic carbocycles. The average Bonchev–Trinajstić information content (AvgIpc) is 3.02. The van der Waals surface area contributed by atoms with Crippen molar-refractivity contribution in [2.45, 2.75) is 46.0 Å². The van der Waals surface area contributed by atoms with E-state index in [1.54, 1.807) is 62.9 Å². The molecule has 3 rings (SSSR count). The first-order chi connectivity index (χ1) is 21.7. The Hall–Kier alpha value is -4.23. The van der Waals surface area contributed by atoms with E-state index >= 15 is 0 Å². The second-order valence-electron chi connectivity index (χ2n) is 9.97. The van der Waals surface area contributed by atoms with Crippen LogP contribution in [0.4, 0.5) is 5.69 Å². The summed E-state index contributed by atoms with van der Waals surface area (Å²) in [5, 5.41) is 20.8. The van der Waals surface area contributed by atoms with Gasteiger partial charge in [-0.3, -0.25) is 20.2 Å². The zero-order valence-corrected chi connectivity index (χ0v) is 27.2. The van der Waals surface area contributed by atoms with Gasteiger partial charge in [-0.1, -0.05) is 36.8 Å². The Balaban J connectivity index is 1.64. The van der Waals surface area contributed by atoms with E-state index in [1.807, 2.05) is 6.07 Å². The molecule has 0 spiro atoms. The van der Waals surface area contributed by atoms with Gasteiger partial charge >= 0.3 is 11.9 Å². The van der Waals surface area contributed by atoms with Crippen molar-refractivity contribution in [2.75, 3.05) is 31.3 Å². The molecule has 1 unspecified atom stereocenters. The monoisotopic (exact) mass is 654 g/mol. The third-order valence-corrected chi connectivity index (χ3v) is 8.13. The molecule has 0 fully saturated rings. The fourth-order valence-corrected chi connectivity index (χ4v) is 5.96. The number of nitro benzene ring substituents is 1. The number of hydrogen-bond donors (Lipinski definition) is 3. The van der Waals surface area contributed by atoms with E-state index in [0.29, 0.717) is 34.8 Å². The van der Waals surface area contributed by atoms with E-state index in [1.165, 1.54) is 18.2 Å². The first-order valence-electron chi connectivity index (χ1n) is 14.7. The number of carbonyl (C=O) groups is 3. The number of nitro groups is 1. The number of nitrogens with one attached hydrogen (secondary N) is 3. The van der Waals surface area contributed by atoms with Crippen molar-refractivity contribution in [2.24, 2.45) is 0 Å². The first-order valence-corrected chi connectivity index (χ1v) is 16.3. The summed E-state index contributed by atoms with van der Waals surface area (Å²) < 4.78 is 10.7. The Bertz CT molecular complexity index is 1460. The maximum Gasteiger partial charge on any atom is 0.336 e. The summed E-state index contributed by atoms with van der Waals surface area (Å²) in [6.45, 7) is 5.96. The molecule has 11 nitrogen and oxygen atoms in total. The Kier molecular flexibility index (Phi) is 14.0. The number of benzene rings is 2. The highest BCUT2D eigenvalue weighted by Gasteiger charge is 2.39. The molecule has 0 saturated heterocycles. The van der Waals surface area contributed by atoms with Crippen molar-refractivity contribution < 1.29 is 28.8 Å². The van der Waals surface area contributed by atoms with Gasteiger partial charge in [0.15, 0.2) is 5.11 Å². The Labute approximate surface area is 272 Å². The fourth-order valence-electron chi connectivity index (χ4n) is 4.78. The Morgan fingerprint density at radius 1 is 0.978 bits per heavy atom. The van der Waals surface area contributed by atoms with Gasteiger partial charge in [-0.25, -0.2) is 9.59 Å². The lowest BCUT2D eigenvalue weighted by atomic mass is 9.80. The third kappa shape index (κ3) is 10.1. The van der Waals surface area contributed by atoms with Crippen LogP contribution in [0.3, 0.4) is 0 Å². The highest BCUT2D eigenvalue weighted by atomic mass is 32.2. The minimum atomic E-state index is -0.905. The number of non-ortho nitro benzene ring substituents is 1. The smallest absolute Gasteiger partial charge is 0.336 e. The van der Waals surface area contributed by atoms with Crippen LogP contribution in [0, 0.1) is 10.1 Å². The summed E-state index contributed by atoms with van der Waals surface area (Å²) in [6.07, 6.45) is 2.65. The van der Waals surface area contributed by atoms with Gasteiger partial charge in [-0.15, -0.1) is 0 Å². The Morgan fingerprint density at radius 3 is 2.33 bits per heavy atom. The molecule has 1 amide bonds. The molecular weight excluding hydrogens is 617 g/mol. The van der Waals surface area contributed by atoms with E-state index in [4.69, 9.17) is 21.7 Å². The topological polar surface area (TPSA) is 149 Å². The average molecular weight is 655 g/mol. The predicted octanol–water partition coefficient (Wildman–Crippen LogP) is 5.14. The maximum atomic E-state index is 13.4. The molecule has 3 N–H and O–H groups in total. The number of nitrogens with zero attached hydrogens (tertiary/aromatic N) is 1. The second-order valence-corrected chi connectivity index (χ2v) is 11.5. The molecule has 2 aromatic rings. The number of esters is 2. The molecular formula is C32H38N4O7S2. The highest BCUT2D eigenvalue weighted by molar-refractivity contribution is 7.99. The molecule has 1 atom stereocenters. The van der Waals surface area contributed by atoms with Crippen molar-refractivity contribution >= 4 is 52.6 Å². The minimum Gasteiger partial charge on any atom is -0.463 e. The van der Waals surface area contributed by atoms with Gasteiger partial charge < -0.3 is 20.1 Å². The van der Waals surface area contributed by atoms with Crippen LogP contribution in [-0.2, 0) is 19.1 Å². The molecule has 0 bridgehead atoms. The van der Waals surface area contributed by atoms with E-state index in [2.05, 4.69) is 16.0 Å². The largest absolute Gasteiger partial charge is 0.463 e. The molecule has 45 heavy (non-hydrogen) atoms. The lowest BCUT2D eigenvalue weighted by Crippen LogP contribution is -2.39. The number of ether oxygens (including phenoxy) is 2. The van der Waals surface area contributed by atoms with Gasteiger partial charge in [0.1, 0.15) is 0 Å². The zero-order chi connectivity index (χ0) is 32.8. The standard InChI is InChI=1S/C32H38N4O7S2/c1-4-42-30(38)26-21(3)34-25(28(31(39)43-5-2)27(26)23-15-12-16-24(19-23)36(40)41)20-45-18-11-7-10-17-33-32(44)35-29(37)22-13-8-6-9-14-22/h6,8-9,12-16,19,27,34H,4-5,7,10-11,17-18,20H2,1-3H3,(H2,33,35,37,44). The van der Waals surface area contributed by atoms with Gasteiger partial charge in [0.05, 0.1) is 35.2 Å². The Morgan fingerprint density at radius 2 is 1.67 bits per heavy atom. The molecule has 2 aromatic carbocycles. The SMILES string of the molecule is CCOC(=O)C1=C(C)NC(CSCCCCCNC(=S)NC(=O)c2ccccc2)=C(C(=O)OCC)C1c1cccc([N+](=O)[O-])c1. The van der Waals surface area contributed by atoms with Crippen LogP contribution in [-0.4, -0.2) is 59.1 Å². The summed E-state index contributed by atoms with van der Waals surface area (Å²) in [5.74, 6) is -1.15. The number of amides is 1. The van der Waals surface area contributed by atoms with Gasteiger partial charge in [0, 0.05) is 41.4 Å². The van der Waals surface area contributed by atoms with Gasteiger partial charge in [-0.2, -0.15) is 11.8 Å². The van der Waals surface area contributed by atoms with Crippen LogP contribution >= 0.6 is 24.0 Å². The van der Waals surface area contributed by atoms with E-state index in [-0.39, 0.29) is 41.1 Å². The number of dihydropyridines is 1. The van der Waals surface area contributed by atoms with Crippen molar-refractivity contribution in [3.8, 4) is 0 Å². The highest BCUT2D eigenvalue weighted by Crippen LogP contribution is 2.41. The molecule has 0 aromatic heterocycles. The number of carbonyl (C=O) groups excluding carboxylic acids is 3. The second kappa shape index (κ2) is 17.9. The molecule has 1 aliphatic rings. The summed E-state index contributed by atoms with van der Waals surface area (Å²) >= 11 is 6.84.